The summed E-state index contributed by atoms with van der Waals surface area (Å²) in [6.07, 6.45) is 0. The average molecular weight is 492 g/mol. The average Bonchev–Trinajstić information content (AvgIpc) is 2.84. The van der Waals surface area contributed by atoms with E-state index in [2.05, 4.69) is 20.7 Å². The number of sulfonamides is 1. The lowest BCUT2D eigenvalue weighted by molar-refractivity contribution is 0.527. The van der Waals surface area contributed by atoms with Gasteiger partial charge in [0.15, 0.2) is 0 Å². The van der Waals surface area contributed by atoms with E-state index in [1.807, 2.05) is 103 Å². The van der Waals surface area contributed by atoms with E-state index in [4.69, 9.17) is 0 Å². The van der Waals surface area contributed by atoms with Crippen molar-refractivity contribution in [2.75, 3.05) is 0 Å². The fourth-order valence-corrected chi connectivity index (χ4v) is 5.50. The second-order valence-corrected chi connectivity index (χ2v) is 9.47. The van der Waals surface area contributed by atoms with Crippen molar-refractivity contribution in [1.29, 1.82) is 0 Å². The summed E-state index contributed by atoms with van der Waals surface area (Å²) in [7, 11) is -3.85. The standard InChI is InChI=1S/C26H22BrNO2S/c27-20-21-16-18-25(19-17-21)31(29,30)28-26(22-10-4-1-5-11-22,23-12-6-2-7-13-23)24-14-8-3-9-15-24/h1-19,28H,20H2. The van der Waals surface area contributed by atoms with Crippen LogP contribution in [0.2, 0.25) is 0 Å². The normalized spacial score (nSPS) is 11.9. The first-order valence-electron chi connectivity index (χ1n) is 9.92. The Morgan fingerprint density at radius 2 is 1.00 bits per heavy atom. The molecule has 0 aliphatic rings. The Balaban J connectivity index is 1.96. The molecule has 0 aliphatic carbocycles. The van der Waals surface area contributed by atoms with Crippen LogP contribution in [0.25, 0.3) is 0 Å². The fraction of sp³-hybridized carbons (Fsp3) is 0.0769. The van der Waals surface area contributed by atoms with Crippen molar-refractivity contribution in [3.8, 4) is 0 Å². The highest BCUT2D eigenvalue weighted by molar-refractivity contribution is 9.08. The van der Waals surface area contributed by atoms with Crippen molar-refractivity contribution >= 4 is 26.0 Å². The van der Waals surface area contributed by atoms with Gasteiger partial charge in [0.1, 0.15) is 5.54 Å². The van der Waals surface area contributed by atoms with Crippen LogP contribution < -0.4 is 4.72 Å². The third-order valence-corrected chi connectivity index (χ3v) is 7.41. The van der Waals surface area contributed by atoms with E-state index in [1.54, 1.807) is 12.1 Å². The van der Waals surface area contributed by atoms with Gasteiger partial charge < -0.3 is 0 Å². The van der Waals surface area contributed by atoms with Crippen molar-refractivity contribution in [3.63, 3.8) is 0 Å². The first-order chi connectivity index (χ1) is 15.1. The van der Waals surface area contributed by atoms with Crippen LogP contribution in [0.1, 0.15) is 22.3 Å². The SMILES string of the molecule is O=S(=O)(NC(c1ccccc1)(c1ccccc1)c1ccccc1)c1ccc(CBr)cc1. The van der Waals surface area contributed by atoms with Crippen LogP contribution in [0.15, 0.2) is 120 Å². The lowest BCUT2D eigenvalue weighted by Crippen LogP contribution is -2.47. The molecule has 0 spiro atoms. The fourth-order valence-electron chi connectivity index (χ4n) is 3.76. The molecule has 5 heteroatoms. The number of benzene rings is 4. The zero-order valence-electron chi connectivity index (χ0n) is 16.8. The summed E-state index contributed by atoms with van der Waals surface area (Å²) in [4.78, 5) is 0.226. The van der Waals surface area contributed by atoms with Crippen LogP contribution in [0.5, 0.6) is 0 Å². The highest BCUT2D eigenvalue weighted by atomic mass is 79.9. The minimum atomic E-state index is -3.85. The molecule has 4 rings (SSSR count). The predicted molar refractivity (Wildman–Crippen MR) is 129 cm³/mol. The maximum Gasteiger partial charge on any atom is 0.241 e. The van der Waals surface area contributed by atoms with Crippen LogP contribution in [-0.4, -0.2) is 8.42 Å². The summed E-state index contributed by atoms with van der Waals surface area (Å²) in [5.41, 5.74) is 2.45. The Morgan fingerprint density at radius 1 is 0.613 bits per heavy atom. The number of hydrogen-bond donors (Lipinski definition) is 1. The summed E-state index contributed by atoms with van der Waals surface area (Å²) in [6.45, 7) is 0. The molecular formula is C26H22BrNO2S. The van der Waals surface area contributed by atoms with E-state index in [0.717, 1.165) is 22.3 Å². The topological polar surface area (TPSA) is 46.2 Å². The van der Waals surface area contributed by atoms with Gasteiger partial charge >= 0.3 is 0 Å². The lowest BCUT2D eigenvalue weighted by atomic mass is 9.78. The van der Waals surface area contributed by atoms with Crippen LogP contribution in [0.4, 0.5) is 0 Å². The number of rotatable bonds is 7. The molecule has 0 heterocycles. The van der Waals surface area contributed by atoms with Crippen molar-refractivity contribution in [1.82, 2.24) is 4.72 Å². The van der Waals surface area contributed by atoms with Crippen LogP contribution >= 0.6 is 15.9 Å². The van der Waals surface area contributed by atoms with Gasteiger partial charge in [0.25, 0.3) is 0 Å². The third-order valence-electron chi connectivity index (χ3n) is 5.30. The second-order valence-electron chi connectivity index (χ2n) is 7.23. The summed E-state index contributed by atoms with van der Waals surface area (Å²) in [6, 6.07) is 36.0. The van der Waals surface area contributed by atoms with E-state index in [-0.39, 0.29) is 4.90 Å². The van der Waals surface area contributed by atoms with E-state index < -0.39 is 15.6 Å². The maximum atomic E-state index is 13.6. The molecule has 4 aromatic rings. The van der Waals surface area contributed by atoms with E-state index >= 15 is 0 Å². The number of nitrogens with one attached hydrogen (secondary N) is 1. The second kappa shape index (κ2) is 9.18. The molecule has 0 saturated carbocycles. The minimum absolute atomic E-state index is 0.226. The van der Waals surface area contributed by atoms with Gasteiger partial charge in [0, 0.05) is 5.33 Å². The van der Waals surface area contributed by atoms with E-state index in [0.29, 0.717) is 5.33 Å². The first-order valence-corrected chi connectivity index (χ1v) is 12.5. The number of alkyl halides is 1. The van der Waals surface area contributed by atoms with Gasteiger partial charge in [-0.3, -0.25) is 0 Å². The molecule has 4 aromatic carbocycles. The first kappa shape index (κ1) is 21.5. The predicted octanol–water partition coefficient (Wildman–Crippen LogP) is 5.85. The number of halogens is 1. The molecule has 0 radical (unpaired) electrons. The highest BCUT2D eigenvalue weighted by Gasteiger charge is 2.40. The number of hydrogen-bond acceptors (Lipinski definition) is 2. The van der Waals surface area contributed by atoms with Gasteiger partial charge in [0.2, 0.25) is 10.0 Å². The van der Waals surface area contributed by atoms with Crippen molar-refractivity contribution in [2.45, 2.75) is 15.8 Å². The van der Waals surface area contributed by atoms with E-state index in [1.165, 1.54) is 0 Å². The van der Waals surface area contributed by atoms with Gasteiger partial charge in [-0.15, -0.1) is 0 Å². The molecule has 31 heavy (non-hydrogen) atoms. The maximum absolute atomic E-state index is 13.6. The molecule has 0 fully saturated rings. The van der Waals surface area contributed by atoms with Crippen LogP contribution in [-0.2, 0) is 20.9 Å². The molecule has 0 unspecified atom stereocenters. The summed E-state index contributed by atoms with van der Waals surface area (Å²) < 4.78 is 30.4. The Hall–Kier alpha value is -2.73. The van der Waals surface area contributed by atoms with Gasteiger partial charge in [-0.2, -0.15) is 4.72 Å². The quantitative estimate of drug-likeness (QED) is 0.260. The Kier molecular flexibility index (Phi) is 6.37. The summed E-state index contributed by atoms with van der Waals surface area (Å²) >= 11 is 3.41. The largest absolute Gasteiger partial charge is 0.241 e. The van der Waals surface area contributed by atoms with Crippen molar-refractivity contribution in [2.24, 2.45) is 0 Å². The van der Waals surface area contributed by atoms with Crippen molar-refractivity contribution in [3.05, 3.63) is 138 Å². The molecule has 0 bridgehead atoms. The van der Waals surface area contributed by atoms with Gasteiger partial charge in [-0.1, -0.05) is 119 Å². The van der Waals surface area contributed by atoms with Crippen LogP contribution in [0, 0.1) is 0 Å². The van der Waals surface area contributed by atoms with Crippen LogP contribution in [0.3, 0.4) is 0 Å². The molecule has 3 nitrogen and oxygen atoms in total. The summed E-state index contributed by atoms with van der Waals surface area (Å²) in [5, 5.41) is 0.669. The zero-order valence-corrected chi connectivity index (χ0v) is 19.2. The monoisotopic (exact) mass is 491 g/mol. The molecule has 0 saturated heterocycles. The Labute approximate surface area is 192 Å². The molecule has 0 atom stereocenters. The minimum Gasteiger partial charge on any atom is -0.207 e. The Bertz CT molecular complexity index is 1130. The van der Waals surface area contributed by atoms with Crippen molar-refractivity contribution < 1.29 is 8.42 Å². The summed E-state index contributed by atoms with van der Waals surface area (Å²) in [5.74, 6) is 0. The highest BCUT2D eigenvalue weighted by Crippen LogP contribution is 2.38. The third kappa shape index (κ3) is 4.35. The van der Waals surface area contributed by atoms with Gasteiger partial charge in [-0.05, 0) is 34.4 Å². The van der Waals surface area contributed by atoms with E-state index in [9.17, 15) is 8.42 Å². The molecule has 1 N–H and O–H groups in total. The smallest absolute Gasteiger partial charge is 0.207 e. The Morgan fingerprint density at radius 3 is 1.35 bits per heavy atom. The molecular weight excluding hydrogens is 470 g/mol. The zero-order chi connectivity index (χ0) is 21.7. The molecule has 156 valence electrons. The van der Waals surface area contributed by atoms with Gasteiger partial charge in [0.05, 0.1) is 4.90 Å². The van der Waals surface area contributed by atoms with Gasteiger partial charge in [-0.25, -0.2) is 8.42 Å². The molecule has 0 amide bonds. The molecule has 0 aromatic heterocycles. The lowest BCUT2D eigenvalue weighted by Gasteiger charge is -2.36. The molecule has 0 aliphatic heterocycles.